The van der Waals surface area contributed by atoms with E-state index in [1.807, 2.05) is 44.4 Å². The summed E-state index contributed by atoms with van der Waals surface area (Å²) in [5, 5.41) is 15.9. The van der Waals surface area contributed by atoms with Gasteiger partial charge in [-0.1, -0.05) is 19.1 Å². The second-order valence-corrected chi connectivity index (χ2v) is 14.4. The Hall–Kier alpha value is -3.83. The van der Waals surface area contributed by atoms with E-state index < -0.39 is 23.5 Å². The minimum Gasteiger partial charge on any atom is -0.508 e. The van der Waals surface area contributed by atoms with Crippen LogP contribution in [0.15, 0.2) is 43.1 Å². The van der Waals surface area contributed by atoms with Crippen molar-refractivity contribution < 1.29 is 23.8 Å². The highest BCUT2D eigenvalue weighted by molar-refractivity contribution is 7.15. The maximum absolute atomic E-state index is 13.5. The number of phenols is 1. The molecule has 1 aliphatic rings. The zero-order valence-electron chi connectivity index (χ0n) is 27.6. The number of carbonyl (C=O) groups is 1. The summed E-state index contributed by atoms with van der Waals surface area (Å²) in [5.74, 6) is -0.260. The summed E-state index contributed by atoms with van der Waals surface area (Å²) in [4.78, 5) is 26.3. The van der Waals surface area contributed by atoms with Gasteiger partial charge in [-0.25, -0.2) is 19.2 Å². The molecule has 0 saturated carbocycles. The van der Waals surface area contributed by atoms with E-state index in [9.17, 15) is 14.3 Å². The topological polar surface area (TPSA) is 102 Å². The first-order chi connectivity index (χ1) is 21.8. The third kappa shape index (κ3) is 7.41. The number of rotatable bonds is 11. The smallest absolute Gasteiger partial charge is 0.340 e. The molecule has 1 N–H and O–H groups in total. The van der Waals surface area contributed by atoms with Crippen molar-refractivity contribution in [1.29, 1.82) is 0 Å². The SMILES string of the molecule is C=CCCC1(C)CCN(c2c(C(OC(C)(C)C)C(=O)OCC)c(C)nc3cc(-c4ncc(Cc5ccc(F)cc5O)s4)nn23)CC1. The molecular weight excluding hydrogens is 605 g/mol. The normalized spacial score (nSPS) is 15.7. The first-order valence-electron chi connectivity index (χ1n) is 15.8. The predicted octanol–water partition coefficient (Wildman–Crippen LogP) is 7.59. The van der Waals surface area contributed by atoms with E-state index in [1.54, 1.807) is 19.2 Å². The molecule has 0 radical (unpaired) electrons. The van der Waals surface area contributed by atoms with Crippen molar-refractivity contribution in [3.05, 3.63) is 70.6 Å². The largest absolute Gasteiger partial charge is 0.508 e. The summed E-state index contributed by atoms with van der Waals surface area (Å²) in [6.45, 7) is 17.5. The molecule has 0 amide bonds. The number of ether oxygens (including phenoxy) is 2. The van der Waals surface area contributed by atoms with Gasteiger partial charge in [-0.3, -0.25) is 0 Å². The Morgan fingerprint density at radius 1 is 1.26 bits per heavy atom. The Kier molecular flexibility index (Phi) is 9.83. The van der Waals surface area contributed by atoms with Crippen LogP contribution in [0, 0.1) is 18.2 Å². The maximum atomic E-state index is 13.5. The van der Waals surface area contributed by atoms with Crippen molar-refractivity contribution in [1.82, 2.24) is 19.6 Å². The maximum Gasteiger partial charge on any atom is 0.340 e. The van der Waals surface area contributed by atoms with Gasteiger partial charge in [-0.2, -0.15) is 9.61 Å². The molecular formula is C35H44FN5O4S. The third-order valence-electron chi connectivity index (χ3n) is 8.45. The molecule has 3 aromatic heterocycles. The first kappa shape index (κ1) is 33.5. The number of aromatic hydroxyl groups is 1. The number of phenolic OH excluding ortho intramolecular Hbond substituents is 1. The van der Waals surface area contributed by atoms with E-state index in [2.05, 4.69) is 23.4 Å². The highest BCUT2D eigenvalue weighted by atomic mass is 32.1. The highest BCUT2D eigenvalue weighted by Crippen LogP contribution is 2.41. The number of hydrogen-bond acceptors (Lipinski definition) is 9. The van der Waals surface area contributed by atoms with E-state index in [0.29, 0.717) is 39.6 Å². The average Bonchev–Trinajstić information content (AvgIpc) is 3.63. The Balaban J connectivity index is 1.59. The van der Waals surface area contributed by atoms with E-state index in [-0.39, 0.29) is 17.8 Å². The Morgan fingerprint density at radius 3 is 2.65 bits per heavy atom. The monoisotopic (exact) mass is 649 g/mol. The second kappa shape index (κ2) is 13.5. The van der Waals surface area contributed by atoms with Gasteiger partial charge in [0, 0.05) is 48.4 Å². The number of piperidine rings is 1. The van der Waals surface area contributed by atoms with E-state index >= 15 is 0 Å². The van der Waals surface area contributed by atoms with Crippen LogP contribution in [0.4, 0.5) is 10.2 Å². The van der Waals surface area contributed by atoms with E-state index in [1.165, 1.54) is 17.4 Å². The van der Waals surface area contributed by atoms with Crippen molar-refractivity contribution in [3.8, 4) is 16.5 Å². The molecule has 1 atom stereocenters. The molecule has 1 fully saturated rings. The zero-order valence-corrected chi connectivity index (χ0v) is 28.4. The molecule has 9 nitrogen and oxygen atoms in total. The highest BCUT2D eigenvalue weighted by Gasteiger charge is 2.38. The molecule has 0 bridgehead atoms. The molecule has 1 aliphatic heterocycles. The van der Waals surface area contributed by atoms with Crippen LogP contribution in [0.1, 0.15) is 88.1 Å². The molecule has 46 heavy (non-hydrogen) atoms. The lowest BCUT2D eigenvalue weighted by Gasteiger charge is -2.41. The number of fused-ring (bicyclic) bond motifs is 1. The molecule has 1 aromatic carbocycles. The summed E-state index contributed by atoms with van der Waals surface area (Å²) in [7, 11) is 0. The van der Waals surface area contributed by atoms with Crippen molar-refractivity contribution in [2.24, 2.45) is 5.41 Å². The number of nitrogens with zero attached hydrogens (tertiary/aromatic N) is 5. The first-order valence-corrected chi connectivity index (χ1v) is 16.7. The van der Waals surface area contributed by atoms with Gasteiger partial charge in [0.1, 0.15) is 28.1 Å². The van der Waals surface area contributed by atoms with Crippen LogP contribution >= 0.6 is 11.3 Å². The van der Waals surface area contributed by atoms with Gasteiger partial charge in [0.2, 0.25) is 0 Å². The van der Waals surface area contributed by atoms with Gasteiger partial charge in [-0.15, -0.1) is 17.9 Å². The number of aromatic nitrogens is 4. The zero-order chi connectivity index (χ0) is 33.2. The van der Waals surface area contributed by atoms with Crippen LogP contribution in [0.5, 0.6) is 5.75 Å². The number of benzene rings is 1. The molecule has 5 rings (SSSR count). The summed E-state index contributed by atoms with van der Waals surface area (Å²) in [5.41, 5.74) is 2.77. The van der Waals surface area contributed by atoms with Crippen molar-refractivity contribution in [2.75, 3.05) is 24.6 Å². The van der Waals surface area contributed by atoms with Crippen LogP contribution in [-0.2, 0) is 20.7 Å². The Labute approximate surface area is 274 Å². The number of aryl methyl sites for hydroxylation is 1. The van der Waals surface area contributed by atoms with Gasteiger partial charge in [0.25, 0.3) is 0 Å². The lowest BCUT2D eigenvalue weighted by molar-refractivity contribution is -0.166. The van der Waals surface area contributed by atoms with Crippen LogP contribution in [-0.4, -0.2) is 56.0 Å². The Bertz CT molecular complexity index is 1720. The van der Waals surface area contributed by atoms with Gasteiger partial charge in [0.05, 0.1) is 17.8 Å². The number of halogens is 1. The Morgan fingerprint density at radius 2 is 2.00 bits per heavy atom. The number of allylic oxidation sites excluding steroid dienone is 1. The number of hydrogen-bond donors (Lipinski definition) is 1. The molecule has 1 unspecified atom stereocenters. The fraction of sp³-hybridized carbons (Fsp3) is 0.486. The van der Waals surface area contributed by atoms with Crippen LogP contribution < -0.4 is 4.90 Å². The van der Waals surface area contributed by atoms with Gasteiger partial charge in [0.15, 0.2) is 11.8 Å². The summed E-state index contributed by atoms with van der Waals surface area (Å²) in [6, 6.07) is 5.93. The standard InChI is InChI=1S/C35H44FN5O4S/c1-8-10-13-35(7)14-16-40(17-15-35)32-29(30(33(43)44-9-2)45-34(4,5)6)22(3)38-28-20-26(39-41(28)32)31-37-21-25(46-31)18-23-11-12-24(36)19-27(23)42/h8,11-12,19-21,30,42H,1,9-10,13-18H2,2-7H3. The van der Waals surface area contributed by atoms with E-state index in [4.69, 9.17) is 19.6 Å². The van der Waals surface area contributed by atoms with Gasteiger partial charge >= 0.3 is 5.97 Å². The molecule has 246 valence electrons. The quantitative estimate of drug-likeness (QED) is 0.131. The number of esters is 1. The molecule has 0 aliphatic carbocycles. The molecule has 11 heteroatoms. The average molecular weight is 650 g/mol. The molecule has 4 heterocycles. The van der Waals surface area contributed by atoms with Crippen LogP contribution in [0.3, 0.4) is 0 Å². The number of thiazole rings is 1. The fourth-order valence-electron chi connectivity index (χ4n) is 5.97. The second-order valence-electron chi connectivity index (χ2n) is 13.3. The summed E-state index contributed by atoms with van der Waals surface area (Å²) in [6.07, 6.45) is 7.16. The van der Waals surface area contributed by atoms with Crippen LogP contribution in [0.25, 0.3) is 16.3 Å². The minimum atomic E-state index is -0.997. The van der Waals surface area contributed by atoms with Crippen molar-refractivity contribution in [2.45, 2.75) is 85.4 Å². The molecule has 0 spiro atoms. The lowest BCUT2D eigenvalue weighted by Crippen LogP contribution is -2.41. The predicted molar refractivity (Wildman–Crippen MR) is 179 cm³/mol. The van der Waals surface area contributed by atoms with Gasteiger partial charge in [-0.05, 0) is 77.3 Å². The summed E-state index contributed by atoms with van der Waals surface area (Å²) < 4.78 is 27.3. The summed E-state index contributed by atoms with van der Waals surface area (Å²) >= 11 is 1.45. The van der Waals surface area contributed by atoms with Crippen LogP contribution in [0.2, 0.25) is 0 Å². The lowest BCUT2D eigenvalue weighted by atomic mass is 9.76. The number of anilines is 1. The van der Waals surface area contributed by atoms with Crippen molar-refractivity contribution >= 4 is 28.8 Å². The van der Waals surface area contributed by atoms with E-state index in [0.717, 1.165) is 55.5 Å². The van der Waals surface area contributed by atoms with Crippen molar-refractivity contribution in [3.63, 3.8) is 0 Å². The minimum absolute atomic E-state index is 0.0877. The fourth-order valence-corrected chi connectivity index (χ4v) is 6.86. The third-order valence-corrected chi connectivity index (χ3v) is 9.47. The molecule has 4 aromatic rings. The van der Waals surface area contributed by atoms with Gasteiger partial charge < -0.3 is 19.5 Å². The molecule has 1 saturated heterocycles. The number of carbonyl (C=O) groups excluding carboxylic acids is 1.